The maximum Gasteiger partial charge on any atom is 0.255 e. The van der Waals surface area contributed by atoms with Crippen LogP contribution in [0.4, 0.5) is 5.69 Å². The molecule has 0 aliphatic rings. The minimum atomic E-state index is -4.02. The number of hydrogen-bond acceptors (Lipinski definition) is 6. The van der Waals surface area contributed by atoms with Crippen LogP contribution in [-0.4, -0.2) is 48.9 Å². The number of rotatable bonds is 10. The number of anilines is 1. The molecule has 0 saturated carbocycles. The molecule has 3 aromatic carbocycles. The van der Waals surface area contributed by atoms with Crippen molar-refractivity contribution in [1.29, 1.82) is 0 Å². The summed E-state index contributed by atoms with van der Waals surface area (Å²) in [6, 6.07) is 21.4. The molecule has 0 aliphatic carbocycles. The second kappa shape index (κ2) is 11.9. The van der Waals surface area contributed by atoms with Crippen LogP contribution in [0.1, 0.15) is 18.1 Å². The van der Waals surface area contributed by atoms with Gasteiger partial charge in [-0.25, -0.2) is 13.8 Å². The summed E-state index contributed by atoms with van der Waals surface area (Å²) in [4.78, 5) is 23.8. The lowest BCUT2D eigenvalue weighted by Gasteiger charge is -2.21. The largest absolute Gasteiger partial charge is 0.508 e. The number of phenolic OH excluding ortho intramolecular Hbond substituents is 1. The highest BCUT2D eigenvalue weighted by molar-refractivity contribution is 7.89. The van der Waals surface area contributed by atoms with Gasteiger partial charge in [-0.3, -0.25) is 9.59 Å². The van der Waals surface area contributed by atoms with Gasteiger partial charge in [-0.2, -0.15) is 9.41 Å². The fourth-order valence-corrected chi connectivity index (χ4v) is 4.62. The average molecular weight is 495 g/mol. The topological polar surface area (TPSA) is 128 Å². The molecule has 0 bridgehead atoms. The standard InChI is InChI=1S/C25H26N4O5S/c1-19(30)27-22-10-12-24(13-11-22)35(33,34)29(15-14-20-6-3-2-4-7-20)18-25(32)28-26-17-21-8-5-9-23(31)16-21/h2-13,16-17,31H,14-15,18H2,1H3,(H,27,30)(H,28,32). The molecule has 0 aliphatic heterocycles. The Balaban J connectivity index is 1.75. The quantitative estimate of drug-likeness (QED) is 0.295. The Kier molecular flexibility index (Phi) is 8.71. The van der Waals surface area contributed by atoms with Crippen molar-refractivity contribution in [2.24, 2.45) is 5.10 Å². The van der Waals surface area contributed by atoms with Crippen molar-refractivity contribution in [1.82, 2.24) is 9.73 Å². The van der Waals surface area contributed by atoms with Gasteiger partial charge in [-0.05, 0) is 53.9 Å². The molecule has 0 radical (unpaired) electrons. The Labute approximate surface area is 204 Å². The number of benzene rings is 3. The van der Waals surface area contributed by atoms with E-state index in [4.69, 9.17) is 0 Å². The van der Waals surface area contributed by atoms with Gasteiger partial charge in [0, 0.05) is 19.2 Å². The van der Waals surface area contributed by atoms with Gasteiger partial charge in [0.1, 0.15) is 5.75 Å². The summed E-state index contributed by atoms with van der Waals surface area (Å²) in [6.45, 7) is 0.987. The molecule has 0 atom stereocenters. The smallest absolute Gasteiger partial charge is 0.255 e. The lowest BCUT2D eigenvalue weighted by molar-refractivity contribution is -0.121. The number of aromatic hydroxyl groups is 1. The fourth-order valence-electron chi connectivity index (χ4n) is 3.22. The summed E-state index contributed by atoms with van der Waals surface area (Å²) < 4.78 is 27.8. The molecule has 0 spiro atoms. The number of carbonyl (C=O) groups excluding carboxylic acids is 2. The van der Waals surface area contributed by atoms with Gasteiger partial charge in [-0.1, -0.05) is 42.5 Å². The molecule has 9 nitrogen and oxygen atoms in total. The molecule has 3 N–H and O–H groups in total. The summed E-state index contributed by atoms with van der Waals surface area (Å²) in [7, 11) is -4.02. The lowest BCUT2D eigenvalue weighted by atomic mass is 10.1. The minimum absolute atomic E-state index is 0.00396. The third-order valence-electron chi connectivity index (χ3n) is 4.90. The molecule has 10 heteroatoms. The van der Waals surface area contributed by atoms with Gasteiger partial charge in [0.25, 0.3) is 5.91 Å². The number of amides is 2. The van der Waals surface area contributed by atoms with E-state index in [1.807, 2.05) is 30.3 Å². The molecule has 0 saturated heterocycles. The highest BCUT2D eigenvalue weighted by Crippen LogP contribution is 2.19. The maximum absolute atomic E-state index is 13.3. The van der Waals surface area contributed by atoms with Crippen LogP contribution in [-0.2, 0) is 26.0 Å². The zero-order chi connectivity index (χ0) is 25.3. The molecule has 0 aromatic heterocycles. The van der Waals surface area contributed by atoms with Gasteiger partial charge < -0.3 is 10.4 Å². The number of hydrogen-bond donors (Lipinski definition) is 3. The van der Waals surface area contributed by atoms with Crippen molar-refractivity contribution < 1.29 is 23.1 Å². The number of hydrazone groups is 1. The minimum Gasteiger partial charge on any atom is -0.508 e. The van der Waals surface area contributed by atoms with E-state index in [0.717, 1.165) is 9.87 Å². The first-order valence-corrected chi connectivity index (χ1v) is 12.2. The van der Waals surface area contributed by atoms with Crippen molar-refractivity contribution in [2.45, 2.75) is 18.2 Å². The highest BCUT2D eigenvalue weighted by atomic mass is 32.2. The molecule has 0 heterocycles. The second-order valence-corrected chi connectivity index (χ2v) is 9.61. The number of nitrogens with one attached hydrogen (secondary N) is 2. The zero-order valence-electron chi connectivity index (χ0n) is 19.1. The van der Waals surface area contributed by atoms with Crippen LogP contribution < -0.4 is 10.7 Å². The van der Waals surface area contributed by atoms with Gasteiger partial charge in [-0.15, -0.1) is 0 Å². The summed E-state index contributed by atoms with van der Waals surface area (Å²) in [5.74, 6) is -0.830. The lowest BCUT2D eigenvalue weighted by Crippen LogP contribution is -2.40. The second-order valence-electron chi connectivity index (χ2n) is 7.67. The summed E-state index contributed by atoms with van der Waals surface area (Å²) in [6.07, 6.45) is 1.76. The Morgan fingerprint density at radius 2 is 1.71 bits per heavy atom. The van der Waals surface area contributed by atoms with Crippen molar-refractivity contribution in [3.63, 3.8) is 0 Å². The van der Waals surface area contributed by atoms with Crippen molar-refractivity contribution >= 4 is 33.7 Å². The first-order chi connectivity index (χ1) is 16.7. The number of phenols is 1. The van der Waals surface area contributed by atoms with Crippen LogP contribution >= 0.6 is 0 Å². The first kappa shape index (κ1) is 25.6. The predicted octanol–water partition coefficient (Wildman–Crippen LogP) is 2.73. The molecule has 0 unspecified atom stereocenters. The molecule has 182 valence electrons. The predicted molar refractivity (Wildman–Crippen MR) is 133 cm³/mol. The van der Waals surface area contributed by atoms with E-state index in [1.54, 1.807) is 12.1 Å². The molecule has 3 rings (SSSR count). The molecule has 3 aromatic rings. The van der Waals surface area contributed by atoms with Crippen LogP contribution in [0.3, 0.4) is 0 Å². The van der Waals surface area contributed by atoms with Crippen LogP contribution in [0, 0.1) is 0 Å². The van der Waals surface area contributed by atoms with Gasteiger partial charge in [0.2, 0.25) is 15.9 Å². The van der Waals surface area contributed by atoms with E-state index in [2.05, 4.69) is 15.8 Å². The van der Waals surface area contributed by atoms with Gasteiger partial charge >= 0.3 is 0 Å². The van der Waals surface area contributed by atoms with Gasteiger partial charge in [0.15, 0.2) is 0 Å². The molecule has 2 amide bonds. The van der Waals surface area contributed by atoms with Gasteiger partial charge in [0.05, 0.1) is 17.7 Å². The summed E-state index contributed by atoms with van der Waals surface area (Å²) in [5, 5.41) is 15.9. The fraction of sp³-hybridized carbons (Fsp3) is 0.160. The number of nitrogens with zero attached hydrogens (tertiary/aromatic N) is 2. The first-order valence-electron chi connectivity index (χ1n) is 10.8. The molecule has 35 heavy (non-hydrogen) atoms. The van der Waals surface area contributed by atoms with Crippen molar-refractivity contribution in [3.05, 3.63) is 90.0 Å². The van der Waals surface area contributed by atoms with Crippen LogP contribution in [0.5, 0.6) is 5.75 Å². The van der Waals surface area contributed by atoms with Crippen LogP contribution in [0.2, 0.25) is 0 Å². The summed E-state index contributed by atoms with van der Waals surface area (Å²) in [5.41, 5.74) is 4.29. The Bertz CT molecular complexity index is 1290. The van der Waals surface area contributed by atoms with Crippen molar-refractivity contribution in [3.8, 4) is 5.75 Å². The van der Waals surface area contributed by atoms with E-state index in [9.17, 15) is 23.1 Å². The number of sulfonamides is 1. The zero-order valence-corrected chi connectivity index (χ0v) is 19.9. The Morgan fingerprint density at radius 1 is 1.00 bits per heavy atom. The highest BCUT2D eigenvalue weighted by Gasteiger charge is 2.26. The molecular formula is C25H26N4O5S. The van der Waals surface area contributed by atoms with E-state index >= 15 is 0 Å². The Hall–Kier alpha value is -4.02. The van der Waals surface area contributed by atoms with Crippen LogP contribution in [0.15, 0.2) is 88.9 Å². The third-order valence-corrected chi connectivity index (χ3v) is 6.76. The van der Waals surface area contributed by atoms with Crippen LogP contribution in [0.25, 0.3) is 0 Å². The normalized spacial score (nSPS) is 11.5. The van der Waals surface area contributed by atoms with E-state index in [1.165, 1.54) is 49.5 Å². The van der Waals surface area contributed by atoms with Crippen molar-refractivity contribution in [2.75, 3.05) is 18.4 Å². The Morgan fingerprint density at radius 3 is 2.37 bits per heavy atom. The third kappa shape index (κ3) is 7.76. The SMILES string of the molecule is CC(=O)Nc1ccc(S(=O)(=O)N(CCc2ccccc2)CC(=O)NN=Cc2cccc(O)c2)cc1. The molecule has 0 fully saturated rings. The van der Waals surface area contributed by atoms with E-state index < -0.39 is 22.5 Å². The molecular weight excluding hydrogens is 468 g/mol. The average Bonchev–Trinajstić information content (AvgIpc) is 2.82. The maximum atomic E-state index is 13.3. The van der Waals surface area contributed by atoms with E-state index in [-0.39, 0.29) is 23.1 Å². The monoisotopic (exact) mass is 494 g/mol. The number of carbonyl (C=O) groups is 2. The summed E-state index contributed by atoms with van der Waals surface area (Å²) >= 11 is 0. The van der Waals surface area contributed by atoms with E-state index in [0.29, 0.717) is 17.7 Å².